The van der Waals surface area contributed by atoms with Gasteiger partial charge in [-0.1, -0.05) is 56.7 Å². The molecule has 0 heterocycles. The number of ether oxygens (including phenoxy) is 1. The van der Waals surface area contributed by atoms with Gasteiger partial charge in [-0.3, -0.25) is 4.79 Å². The van der Waals surface area contributed by atoms with Gasteiger partial charge in [-0.25, -0.2) is 0 Å². The first-order valence-corrected chi connectivity index (χ1v) is 9.77. The average molecular weight is 338 g/mol. The summed E-state index contributed by atoms with van der Waals surface area (Å²) < 4.78 is 5.81. The van der Waals surface area contributed by atoms with Crippen LogP contribution in [0.25, 0.3) is 10.8 Å². The maximum atomic E-state index is 12.6. The smallest absolute Gasteiger partial charge is 0.309 e. The van der Waals surface area contributed by atoms with E-state index in [9.17, 15) is 4.79 Å². The largest absolute Gasteiger partial charge is 0.458 e. The molecule has 2 heteroatoms. The molecule has 0 saturated heterocycles. The molecular formula is C23H30O2. The molecule has 0 bridgehead atoms. The lowest BCUT2D eigenvalue weighted by Crippen LogP contribution is -2.26. The van der Waals surface area contributed by atoms with Gasteiger partial charge in [0.1, 0.15) is 6.10 Å². The fourth-order valence-corrected chi connectivity index (χ4v) is 4.06. The maximum absolute atomic E-state index is 12.6. The molecule has 3 rings (SSSR count). The van der Waals surface area contributed by atoms with Crippen molar-refractivity contribution in [3.05, 3.63) is 48.0 Å². The van der Waals surface area contributed by atoms with Gasteiger partial charge >= 0.3 is 5.97 Å². The SMILES string of the molecule is CCC(C)C1CCC(C(=O)OC(C)c2ccc3ccccc3c2)CC1. The highest BCUT2D eigenvalue weighted by molar-refractivity contribution is 5.83. The van der Waals surface area contributed by atoms with Crippen molar-refractivity contribution in [2.75, 3.05) is 0 Å². The van der Waals surface area contributed by atoms with Crippen molar-refractivity contribution in [3.63, 3.8) is 0 Å². The van der Waals surface area contributed by atoms with Crippen LogP contribution < -0.4 is 0 Å². The van der Waals surface area contributed by atoms with E-state index in [-0.39, 0.29) is 18.0 Å². The molecule has 25 heavy (non-hydrogen) atoms. The van der Waals surface area contributed by atoms with Crippen LogP contribution in [-0.2, 0) is 9.53 Å². The Balaban J connectivity index is 1.58. The first kappa shape index (κ1) is 18.0. The molecule has 2 unspecified atom stereocenters. The molecule has 0 radical (unpaired) electrons. The van der Waals surface area contributed by atoms with E-state index in [1.165, 1.54) is 30.0 Å². The van der Waals surface area contributed by atoms with Gasteiger partial charge in [0.15, 0.2) is 0 Å². The molecule has 1 aliphatic rings. The molecule has 1 saturated carbocycles. The van der Waals surface area contributed by atoms with Crippen LogP contribution >= 0.6 is 0 Å². The second-order valence-corrected chi connectivity index (χ2v) is 7.68. The van der Waals surface area contributed by atoms with Gasteiger partial charge in [0.05, 0.1) is 5.92 Å². The predicted molar refractivity (Wildman–Crippen MR) is 103 cm³/mol. The Morgan fingerprint density at radius 2 is 1.72 bits per heavy atom. The summed E-state index contributed by atoms with van der Waals surface area (Å²) in [6.45, 7) is 6.58. The minimum Gasteiger partial charge on any atom is -0.458 e. The molecule has 2 aromatic carbocycles. The third-order valence-corrected chi connectivity index (χ3v) is 6.09. The molecule has 0 aliphatic heterocycles. The van der Waals surface area contributed by atoms with Crippen molar-refractivity contribution >= 4 is 16.7 Å². The molecule has 1 aliphatic carbocycles. The zero-order chi connectivity index (χ0) is 17.8. The first-order valence-electron chi connectivity index (χ1n) is 9.77. The third-order valence-electron chi connectivity index (χ3n) is 6.09. The summed E-state index contributed by atoms with van der Waals surface area (Å²) in [5.74, 6) is 1.63. The summed E-state index contributed by atoms with van der Waals surface area (Å²) in [4.78, 5) is 12.6. The van der Waals surface area contributed by atoms with E-state index in [1.54, 1.807) is 0 Å². The van der Waals surface area contributed by atoms with Crippen LogP contribution in [0.15, 0.2) is 42.5 Å². The molecule has 0 amide bonds. The molecule has 0 spiro atoms. The minimum atomic E-state index is -0.190. The molecule has 2 nitrogen and oxygen atoms in total. The monoisotopic (exact) mass is 338 g/mol. The predicted octanol–water partition coefficient (Wildman–Crippen LogP) is 6.30. The Morgan fingerprint density at radius 3 is 2.40 bits per heavy atom. The van der Waals surface area contributed by atoms with E-state index >= 15 is 0 Å². The fourth-order valence-electron chi connectivity index (χ4n) is 4.06. The summed E-state index contributed by atoms with van der Waals surface area (Å²) >= 11 is 0. The quantitative estimate of drug-likeness (QED) is 0.598. The summed E-state index contributed by atoms with van der Waals surface area (Å²) in [6.07, 6.45) is 5.34. The number of carbonyl (C=O) groups excluding carboxylic acids is 1. The van der Waals surface area contributed by atoms with Gasteiger partial charge < -0.3 is 4.74 Å². The zero-order valence-electron chi connectivity index (χ0n) is 15.7. The Labute approximate surface area is 151 Å². The van der Waals surface area contributed by atoms with Crippen molar-refractivity contribution < 1.29 is 9.53 Å². The van der Waals surface area contributed by atoms with Gasteiger partial charge in [0, 0.05) is 0 Å². The summed E-state index contributed by atoms with van der Waals surface area (Å²) in [5, 5.41) is 2.41. The first-order chi connectivity index (χ1) is 12.1. The van der Waals surface area contributed by atoms with Crippen LogP contribution in [0, 0.1) is 17.8 Å². The van der Waals surface area contributed by atoms with E-state index in [1.807, 2.05) is 19.1 Å². The topological polar surface area (TPSA) is 26.3 Å². The Bertz CT molecular complexity index is 713. The van der Waals surface area contributed by atoms with Crippen LogP contribution in [0.5, 0.6) is 0 Å². The van der Waals surface area contributed by atoms with E-state index < -0.39 is 0 Å². The van der Waals surface area contributed by atoms with E-state index in [0.29, 0.717) is 0 Å². The van der Waals surface area contributed by atoms with E-state index in [0.717, 1.165) is 30.2 Å². The lowest BCUT2D eigenvalue weighted by molar-refractivity contribution is -0.155. The van der Waals surface area contributed by atoms with Crippen molar-refractivity contribution in [3.8, 4) is 0 Å². The molecule has 2 atom stereocenters. The number of benzene rings is 2. The standard InChI is InChI=1S/C23H30O2/c1-4-16(2)18-9-12-20(13-10-18)23(24)25-17(3)21-14-11-19-7-5-6-8-22(19)15-21/h5-8,11,14-18,20H,4,9-10,12-13H2,1-3H3. The van der Waals surface area contributed by atoms with Gasteiger partial charge in [-0.15, -0.1) is 0 Å². The lowest BCUT2D eigenvalue weighted by atomic mass is 9.75. The van der Waals surface area contributed by atoms with Gasteiger partial charge in [-0.05, 0) is 66.8 Å². The van der Waals surface area contributed by atoms with E-state index in [4.69, 9.17) is 4.74 Å². The van der Waals surface area contributed by atoms with Crippen LogP contribution in [0.3, 0.4) is 0 Å². The normalized spacial score (nSPS) is 23.2. The van der Waals surface area contributed by atoms with Crippen LogP contribution in [0.2, 0.25) is 0 Å². The van der Waals surface area contributed by atoms with Crippen LogP contribution in [-0.4, -0.2) is 5.97 Å². The van der Waals surface area contributed by atoms with Gasteiger partial charge in [0.2, 0.25) is 0 Å². The Morgan fingerprint density at radius 1 is 1.04 bits per heavy atom. The van der Waals surface area contributed by atoms with Crippen LogP contribution in [0.4, 0.5) is 0 Å². The molecule has 2 aromatic rings. The average Bonchev–Trinajstić information content (AvgIpc) is 2.67. The van der Waals surface area contributed by atoms with Crippen molar-refractivity contribution in [1.82, 2.24) is 0 Å². The maximum Gasteiger partial charge on any atom is 0.309 e. The number of carbonyl (C=O) groups is 1. The summed E-state index contributed by atoms with van der Waals surface area (Å²) in [5.41, 5.74) is 1.07. The molecular weight excluding hydrogens is 308 g/mol. The number of fused-ring (bicyclic) bond motifs is 1. The fraction of sp³-hybridized carbons (Fsp3) is 0.522. The highest BCUT2D eigenvalue weighted by Crippen LogP contribution is 2.36. The molecule has 134 valence electrons. The van der Waals surface area contributed by atoms with Gasteiger partial charge in [0.25, 0.3) is 0 Å². The van der Waals surface area contributed by atoms with Gasteiger partial charge in [-0.2, -0.15) is 0 Å². The molecule has 0 N–H and O–H groups in total. The number of rotatable bonds is 5. The van der Waals surface area contributed by atoms with Crippen LogP contribution in [0.1, 0.15) is 64.5 Å². The molecule has 1 fully saturated rings. The second kappa shape index (κ2) is 8.03. The Hall–Kier alpha value is -1.83. The number of esters is 1. The zero-order valence-corrected chi connectivity index (χ0v) is 15.7. The number of hydrogen-bond donors (Lipinski definition) is 0. The second-order valence-electron chi connectivity index (χ2n) is 7.68. The van der Waals surface area contributed by atoms with Crippen molar-refractivity contribution in [2.45, 2.75) is 59.0 Å². The highest BCUT2D eigenvalue weighted by atomic mass is 16.5. The van der Waals surface area contributed by atoms with Crippen molar-refractivity contribution in [1.29, 1.82) is 0 Å². The summed E-state index contributed by atoms with van der Waals surface area (Å²) in [7, 11) is 0. The number of hydrogen-bond acceptors (Lipinski definition) is 2. The summed E-state index contributed by atoms with van der Waals surface area (Å²) in [6, 6.07) is 14.6. The third kappa shape index (κ3) is 4.23. The van der Waals surface area contributed by atoms with Crippen molar-refractivity contribution in [2.24, 2.45) is 17.8 Å². The lowest BCUT2D eigenvalue weighted by Gasteiger charge is -2.31. The highest BCUT2D eigenvalue weighted by Gasteiger charge is 2.30. The minimum absolute atomic E-state index is 0.0109. The molecule has 0 aromatic heterocycles. The van der Waals surface area contributed by atoms with E-state index in [2.05, 4.69) is 44.2 Å². The Kier molecular flexibility index (Phi) is 5.78.